The molecule has 0 amide bonds. The van der Waals surface area contributed by atoms with Gasteiger partial charge in [0, 0.05) is 30.5 Å². The van der Waals surface area contributed by atoms with Gasteiger partial charge in [-0.05, 0) is 12.1 Å². The van der Waals surface area contributed by atoms with E-state index in [0.29, 0.717) is 18.0 Å². The van der Waals surface area contributed by atoms with E-state index in [4.69, 9.17) is 10.9 Å². The smallest absolute Gasteiger partial charge is 0.190 e. The van der Waals surface area contributed by atoms with Gasteiger partial charge in [0.15, 0.2) is 15.7 Å². The fraction of sp³-hybridized carbons (Fsp3) is 0.455. The van der Waals surface area contributed by atoms with E-state index in [9.17, 15) is 8.42 Å². The number of amidine groups is 1. The van der Waals surface area contributed by atoms with E-state index < -0.39 is 15.2 Å². The summed E-state index contributed by atoms with van der Waals surface area (Å²) in [4.78, 5) is 5.84. The average Bonchev–Trinajstić information content (AvgIpc) is 2.45. The van der Waals surface area contributed by atoms with Crippen molar-refractivity contribution in [3.8, 4) is 0 Å². The molecule has 1 atom stereocenters. The van der Waals surface area contributed by atoms with Crippen LogP contribution >= 0.6 is 11.8 Å². The molecule has 3 N–H and O–H groups in total. The number of thioether (sulfide) groups is 1. The molecule has 20 heavy (non-hydrogen) atoms. The van der Waals surface area contributed by atoms with Crippen LogP contribution in [0, 0.1) is 0 Å². The van der Waals surface area contributed by atoms with Crippen LogP contribution in [0.15, 0.2) is 23.5 Å². The minimum Gasteiger partial charge on any atom is -0.409 e. The maximum Gasteiger partial charge on any atom is 0.190 e. The Morgan fingerprint density at radius 3 is 3.05 bits per heavy atom. The van der Waals surface area contributed by atoms with Gasteiger partial charge in [0.25, 0.3) is 0 Å². The summed E-state index contributed by atoms with van der Waals surface area (Å²) >= 11 is 1.60. The van der Waals surface area contributed by atoms with Crippen molar-refractivity contribution in [3.63, 3.8) is 0 Å². The molecule has 9 heteroatoms. The first-order valence-electron chi connectivity index (χ1n) is 5.91. The Labute approximate surface area is 121 Å². The molecular weight excluding hydrogens is 300 g/mol. The topological polar surface area (TPSA) is 109 Å². The first-order chi connectivity index (χ1) is 9.45. The molecule has 1 fully saturated rings. The molecular formula is C11H16N4O3S2. The third-order valence-electron chi connectivity index (χ3n) is 3.03. The van der Waals surface area contributed by atoms with Crippen LogP contribution in [0.4, 0.5) is 5.69 Å². The molecule has 0 aromatic carbocycles. The maximum atomic E-state index is 11.9. The Balaban J connectivity index is 2.49. The zero-order valence-electron chi connectivity index (χ0n) is 10.9. The molecule has 2 rings (SSSR count). The second-order valence-electron chi connectivity index (χ2n) is 4.41. The average molecular weight is 316 g/mol. The lowest BCUT2D eigenvalue weighted by molar-refractivity contribution is 0.318. The molecule has 1 unspecified atom stereocenters. The molecule has 0 radical (unpaired) electrons. The normalized spacial score (nSPS) is 20.9. The number of rotatable bonds is 3. The van der Waals surface area contributed by atoms with Crippen molar-refractivity contribution in [2.45, 2.75) is 5.37 Å². The molecule has 1 aliphatic rings. The van der Waals surface area contributed by atoms with E-state index >= 15 is 0 Å². The monoisotopic (exact) mass is 316 g/mol. The lowest BCUT2D eigenvalue weighted by Gasteiger charge is -2.36. The number of nitrogens with zero attached hydrogens (tertiary/aromatic N) is 3. The van der Waals surface area contributed by atoms with Gasteiger partial charge in [-0.15, -0.1) is 0 Å². The molecule has 2 heterocycles. The summed E-state index contributed by atoms with van der Waals surface area (Å²) < 4.78 is 23.9. The lowest BCUT2D eigenvalue weighted by atomic mass is 10.2. The molecule has 1 aromatic rings. The number of hydrogen-bond donors (Lipinski definition) is 2. The summed E-state index contributed by atoms with van der Waals surface area (Å²) in [6.07, 6.45) is 2.74. The molecule has 7 nitrogen and oxygen atoms in total. The number of sulfone groups is 1. The Morgan fingerprint density at radius 1 is 1.65 bits per heavy atom. The zero-order valence-corrected chi connectivity index (χ0v) is 12.6. The fourth-order valence-electron chi connectivity index (χ4n) is 2.08. The third kappa shape index (κ3) is 2.98. The Hall–Kier alpha value is -1.48. The first-order valence-corrected chi connectivity index (χ1v) is 9.02. The summed E-state index contributed by atoms with van der Waals surface area (Å²) in [5, 5.41) is 11.1. The van der Waals surface area contributed by atoms with Gasteiger partial charge in [-0.25, -0.2) is 8.42 Å². The van der Waals surface area contributed by atoms with Gasteiger partial charge < -0.3 is 15.8 Å². The number of oxime groups is 1. The molecule has 110 valence electrons. The summed E-state index contributed by atoms with van der Waals surface area (Å²) in [6, 6.07) is 3.43. The van der Waals surface area contributed by atoms with Crippen LogP contribution in [-0.4, -0.2) is 54.1 Å². The van der Waals surface area contributed by atoms with Crippen molar-refractivity contribution in [2.75, 3.05) is 29.2 Å². The van der Waals surface area contributed by atoms with Crippen molar-refractivity contribution < 1.29 is 13.6 Å². The summed E-state index contributed by atoms with van der Waals surface area (Å²) in [7, 11) is -3.24. The highest BCUT2D eigenvalue weighted by Gasteiger charge is 2.32. The minimum atomic E-state index is -3.24. The van der Waals surface area contributed by atoms with E-state index in [-0.39, 0.29) is 11.5 Å². The van der Waals surface area contributed by atoms with Gasteiger partial charge in [-0.3, -0.25) is 4.98 Å². The van der Waals surface area contributed by atoms with Gasteiger partial charge in [0.05, 0.1) is 5.69 Å². The second-order valence-corrected chi connectivity index (χ2v) is 7.76. The Bertz CT molecular complexity index is 618. The molecule has 1 aromatic heterocycles. The minimum absolute atomic E-state index is 0.133. The van der Waals surface area contributed by atoms with Crippen molar-refractivity contribution >= 4 is 33.1 Å². The maximum absolute atomic E-state index is 11.9. The summed E-state index contributed by atoms with van der Waals surface area (Å²) in [5.74, 6) is 1.17. The number of nitrogens with two attached hydrogens (primary N) is 1. The molecule has 0 spiro atoms. The van der Waals surface area contributed by atoms with Crippen molar-refractivity contribution in [2.24, 2.45) is 10.9 Å². The number of aromatic nitrogens is 1. The standard InChI is InChI=1S/C11H16N4O3S2/c1-20(17,18)9-7-19-6-5-15(9)8-3-2-4-13-10(8)11(12)14-16/h2-4,9,16H,5-7H2,1H3,(H2,12,14). The van der Waals surface area contributed by atoms with Crippen molar-refractivity contribution in [1.29, 1.82) is 0 Å². The van der Waals surface area contributed by atoms with Crippen molar-refractivity contribution in [1.82, 2.24) is 4.98 Å². The fourth-order valence-corrected chi connectivity index (χ4v) is 4.92. The number of hydrogen-bond acceptors (Lipinski definition) is 7. The van der Waals surface area contributed by atoms with Crippen LogP contribution in [0.25, 0.3) is 0 Å². The molecule has 0 aliphatic carbocycles. The number of pyridine rings is 1. The molecule has 1 aliphatic heterocycles. The largest absolute Gasteiger partial charge is 0.409 e. The second kappa shape index (κ2) is 5.88. The van der Waals surface area contributed by atoms with Crippen LogP contribution < -0.4 is 10.6 Å². The van der Waals surface area contributed by atoms with Crippen LogP contribution in [0.2, 0.25) is 0 Å². The van der Waals surface area contributed by atoms with E-state index in [1.165, 1.54) is 12.5 Å². The van der Waals surface area contributed by atoms with E-state index in [1.54, 1.807) is 28.8 Å². The van der Waals surface area contributed by atoms with Crippen LogP contribution in [-0.2, 0) is 9.84 Å². The van der Waals surface area contributed by atoms with Crippen LogP contribution in [0.5, 0.6) is 0 Å². The number of anilines is 1. The van der Waals surface area contributed by atoms with Gasteiger partial charge in [-0.1, -0.05) is 5.16 Å². The van der Waals surface area contributed by atoms with E-state index in [1.807, 2.05) is 0 Å². The van der Waals surface area contributed by atoms with E-state index in [2.05, 4.69) is 10.1 Å². The molecule has 0 bridgehead atoms. The predicted octanol–water partition coefficient (Wildman–Crippen LogP) is 0.1000. The van der Waals surface area contributed by atoms with Crippen molar-refractivity contribution in [3.05, 3.63) is 24.0 Å². The van der Waals surface area contributed by atoms with Gasteiger partial charge in [0.2, 0.25) is 0 Å². The van der Waals surface area contributed by atoms with E-state index in [0.717, 1.165) is 5.75 Å². The predicted molar refractivity (Wildman–Crippen MR) is 80.1 cm³/mol. The summed E-state index contributed by atoms with van der Waals surface area (Å²) in [5.41, 5.74) is 6.47. The lowest BCUT2D eigenvalue weighted by Crippen LogP contribution is -2.47. The first kappa shape index (κ1) is 14.9. The van der Waals surface area contributed by atoms with Gasteiger partial charge in [0.1, 0.15) is 11.1 Å². The van der Waals surface area contributed by atoms with Gasteiger partial charge in [-0.2, -0.15) is 11.8 Å². The van der Waals surface area contributed by atoms with Crippen LogP contribution in [0.1, 0.15) is 5.69 Å². The Kier molecular flexibility index (Phi) is 4.39. The quantitative estimate of drug-likeness (QED) is 0.352. The van der Waals surface area contributed by atoms with Crippen LogP contribution in [0.3, 0.4) is 0 Å². The highest BCUT2D eigenvalue weighted by Crippen LogP contribution is 2.28. The Morgan fingerprint density at radius 2 is 2.40 bits per heavy atom. The highest BCUT2D eigenvalue weighted by atomic mass is 32.2. The third-order valence-corrected chi connectivity index (χ3v) is 5.67. The molecule has 1 saturated heterocycles. The SMILES string of the molecule is CS(=O)(=O)C1CSCCN1c1cccnc1/C(N)=N/O. The summed E-state index contributed by atoms with van der Waals surface area (Å²) in [6.45, 7) is 0.569. The van der Waals surface area contributed by atoms with Gasteiger partial charge >= 0.3 is 0 Å². The molecule has 0 saturated carbocycles. The highest BCUT2D eigenvalue weighted by molar-refractivity contribution is 8.01. The zero-order chi connectivity index (χ0) is 14.8.